The molecule has 0 aliphatic heterocycles. The lowest BCUT2D eigenvalue weighted by atomic mass is 10.1. The van der Waals surface area contributed by atoms with Crippen molar-refractivity contribution in [1.82, 2.24) is 0 Å². The molecule has 0 bridgehead atoms. The standard InChI is InChI=1S/C20H26N2O4/c1-5-14-6-8-15(9-7-14)21-11-10-19(23)22-16-12-17(24-2)20(26-4)18(13-16)25-3/h6-9,12-13,21H,5,10-11H2,1-4H3,(H,22,23). The van der Waals surface area contributed by atoms with Crippen LogP contribution in [-0.2, 0) is 11.2 Å². The van der Waals surface area contributed by atoms with Gasteiger partial charge in [0.25, 0.3) is 0 Å². The van der Waals surface area contributed by atoms with Crippen molar-refractivity contribution < 1.29 is 19.0 Å². The molecule has 2 rings (SSSR count). The SMILES string of the molecule is CCc1ccc(NCCC(=O)Nc2cc(OC)c(OC)c(OC)c2)cc1. The Labute approximate surface area is 154 Å². The van der Waals surface area contributed by atoms with E-state index >= 15 is 0 Å². The Balaban J connectivity index is 1.92. The van der Waals surface area contributed by atoms with Gasteiger partial charge in [0.05, 0.1) is 21.3 Å². The molecule has 0 radical (unpaired) electrons. The van der Waals surface area contributed by atoms with Gasteiger partial charge >= 0.3 is 0 Å². The minimum atomic E-state index is -0.100. The van der Waals surface area contributed by atoms with Crippen LogP contribution in [0.15, 0.2) is 36.4 Å². The summed E-state index contributed by atoms with van der Waals surface area (Å²) in [6.07, 6.45) is 1.35. The zero-order chi connectivity index (χ0) is 18.9. The maximum Gasteiger partial charge on any atom is 0.226 e. The van der Waals surface area contributed by atoms with Gasteiger partial charge in [-0.05, 0) is 24.1 Å². The minimum Gasteiger partial charge on any atom is -0.493 e. The first-order valence-corrected chi connectivity index (χ1v) is 8.54. The summed E-state index contributed by atoms with van der Waals surface area (Å²) >= 11 is 0. The molecule has 0 atom stereocenters. The zero-order valence-corrected chi connectivity index (χ0v) is 15.7. The van der Waals surface area contributed by atoms with Crippen molar-refractivity contribution in [2.24, 2.45) is 0 Å². The smallest absolute Gasteiger partial charge is 0.226 e. The van der Waals surface area contributed by atoms with Crippen LogP contribution in [0.5, 0.6) is 17.2 Å². The Bertz CT molecular complexity index is 704. The molecule has 0 aromatic heterocycles. The normalized spacial score (nSPS) is 10.2. The molecule has 0 saturated heterocycles. The van der Waals surface area contributed by atoms with Gasteiger partial charge in [-0.1, -0.05) is 19.1 Å². The van der Waals surface area contributed by atoms with Gasteiger partial charge < -0.3 is 24.8 Å². The summed E-state index contributed by atoms with van der Waals surface area (Å²) in [5, 5.41) is 6.10. The molecule has 0 saturated carbocycles. The maximum absolute atomic E-state index is 12.2. The van der Waals surface area contributed by atoms with Gasteiger partial charge in [0, 0.05) is 36.5 Å². The van der Waals surface area contributed by atoms with Gasteiger partial charge in [0.15, 0.2) is 11.5 Å². The van der Waals surface area contributed by atoms with Crippen LogP contribution in [-0.4, -0.2) is 33.8 Å². The highest BCUT2D eigenvalue weighted by Gasteiger charge is 2.14. The van der Waals surface area contributed by atoms with Crippen LogP contribution in [0.25, 0.3) is 0 Å². The molecule has 0 spiro atoms. The molecule has 0 aliphatic carbocycles. The van der Waals surface area contributed by atoms with Gasteiger partial charge in [-0.25, -0.2) is 0 Å². The van der Waals surface area contributed by atoms with Gasteiger partial charge in [0.2, 0.25) is 11.7 Å². The van der Waals surface area contributed by atoms with E-state index in [2.05, 4.69) is 29.7 Å². The third-order valence-corrected chi connectivity index (χ3v) is 3.99. The highest BCUT2D eigenvalue weighted by molar-refractivity contribution is 5.91. The van der Waals surface area contributed by atoms with Gasteiger partial charge in [-0.3, -0.25) is 4.79 Å². The molecular weight excluding hydrogens is 332 g/mol. The van der Waals surface area contributed by atoms with Gasteiger partial charge in [-0.15, -0.1) is 0 Å². The first-order chi connectivity index (χ1) is 12.6. The molecule has 6 heteroatoms. The summed E-state index contributed by atoms with van der Waals surface area (Å²) in [7, 11) is 4.62. The summed E-state index contributed by atoms with van der Waals surface area (Å²) in [6, 6.07) is 11.6. The van der Waals surface area contributed by atoms with Crippen molar-refractivity contribution in [3.8, 4) is 17.2 Å². The molecule has 6 nitrogen and oxygen atoms in total. The second-order valence-electron chi connectivity index (χ2n) is 5.69. The van der Waals surface area contributed by atoms with Crippen LogP contribution in [0.3, 0.4) is 0 Å². The van der Waals surface area contributed by atoms with Crippen molar-refractivity contribution in [1.29, 1.82) is 0 Å². The molecule has 26 heavy (non-hydrogen) atoms. The van der Waals surface area contributed by atoms with E-state index in [-0.39, 0.29) is 5.91 Å². The van der Waals surface area contributed by atoms with E-state index in [0.717, 1.165) is 12.1 Å². The zero-order valence-electron chi connectivity index (χ0n) is 15.7. The number of anilines is 2. The van der Waals surface area contributed by atoms with E-state index in [1.807, 2.05) is 12.1 Å². The molecule has 1 amide bonds. The van der Waals surface area contributed by atoms with Crippen LogP contribution < -0.4 is 24.8 Å². The lowest BCUT2D eigenvalue weighted by Crippen LogP contribution is -2.16. The lowest BCUT2D eigenvalue weighted by molar-refractivity contribution is -0.115. The molecule has 2 aromatic carbocycles. The fourth-order valence-corrected chi connectivity index (χ4v) is 2.56. The Morgan fingerprint density at radius 1 is 0.923 bits per heavy atom. The number of carbonyl (C=O) groups is 1. The average Bonchev–Trinajstić information content (AvgIpc) is 2.67. The number of methoxy groups -OCH3 is 3. The average molecular weight is 358 g/mol. The van der Waals surface area contributed by atoms with Crippen LogP contribution in [0.4, 0.5) is 11.4 Å². The third-order valence-electron chi connectivity index (χ3n) is 3.99. The van der Waals surface area contributed by atoms with Gasteiger partial charge in [-0.2, -0.15) is 0 Å². The Morgan fingerprint density at radius 3 is 2.04 bits per heavy atom. The monoisotopic (exact) mass is 358 g/mol. The van der Waals surface area contributed by atoms with E-state index in [4.69, 9.17) is 14.2 Å². The summed E-state index contributed by atoms with van der Waals surface area (Å²) in [6.45, 7) is 2.66. The minimum absolute atomic E-state index is 0.100. The van der Waals surface area contributed by atoms with Crippen LogP contribution in [0.1, 0.15) is 18.9 Å². The largest absolute Gasteiger partial charge is 0.493 e. The van der Waals surface area contributed by atoms with Crippen LogP contribution in [0.2, 0.25) is 0 Å². The second-order valence-corrected chi connectivity index (χ2v) is 5.69. The Morgan fingerprint density at radius 2 is 1.54 bits per heavy atom. The second kappa shape index (κ2) is 9.56. The molecule has 0 aliphatic rings. The summed E-state index contributed by atoms with van der Waals surface area (Å²) in [5.74, 6) is 1.38. The Kier molecular flexibility index (Phi) is 7.14. The van der Waals surface area contributed by atoms with Crippen molar-refractivity contribution >= 4 is 17.3 Å². The molecule has 2 aromatic rings. The first kappa shape index (κ1) is 19.4. The number of nitrogens with one attached hydrogen (secondary N) is 2. The highest BCUT2D eigenvalue weighted by Crippen LogP contribution is 2.39. The number of aryl methyl sites for hydroxylation is 1. The molecule has 2 N–H and O–H groups in total. The number of carbonyl (C=O) groups excluding carboxylic acids is 1. The lowest BCUT2D eigenvalue weighted by Gasteiger charge is -2.14. The molecule has 0 heterocycles. The molecule has 140 valence electrons. The van der Waals surface area contributed by atoms with Crippen molar-refractivity contribution in [3.63, 3.8) is 0 Å². The van der Waals surface area contributed by atoms with E-state index in [0.29, 0.717) is 35.9 Å². The van der Waals surface area contributed by atoms with E-state index in [9.17, 15) is 4.79 Å². The van der Waals surface area contributed by atoms with Crippen LogP contribution in [0, 0.1) is 0 Å². The van der Waals surface area contributed by atoms with Crippen molar-refractivity contribution in [2.45, 2.75) is 19.8 Å². The fourth-order valence-electron chi connectivity index (χ4n) is 2.56. The maximum atomic E-state index is 12.2. The highest BCUT2D eigenvalue weighted by atomic mass is 16.5. The number of hydrogen-bond donors (Lipinski definition) is 2. The van der Waals surface area contributed by atoms with Crippen molar-refractivity contribution in [3.05, 3.63) is 42.0 Å². The topological polar surface area (TPSA) is 68.8 Å². The van der Waals surface area contributed by atoms with E-state index < -0.39 is 0 Å². The van der Waals surface area contributed by atoms with E-state index in [1.165, 1.54) is 26.9 Å². The fraction of sp³-hybridized carbons (Fsp3) is 0.350. The first-order valence-electron chi connectivity index (χ1n) is 8.54. The van der Waals surface area contributed by atoms with E-state index in [1.54, 1.807) is 12.1 Å². The Hall–Kier alpha value is -2.89. The summed E-state index contributed by atoms with van der Waals surface area (Å²) < 4.78 is 15.9. The predicted octanol–water partition coefficient (Wildman–Crippen LogP) is 3.72. The number of hydrogen-bond acceptors (Lipinski definition) is 5. The predicted molar refractivity (Wildman–Crippen MR) is 104 cm³/mol. The molecule has 0 fully saturated rings. The number of rotatable bonds is 9. The number of benzene rings is 2. The summed E-state index contributed by atoms with van der Waals surface area (Å²) in [5.41, 5.74) is 2.88. The number of amides is 1. The third kappa shape index (κ3) is 5.05. The summed E-state index contributed by atoms with van der Waals surface area (Å²) in [4.78, 5) is 12.2. The molecular formula is C20H26N2O4. The van der Waals surface area contributed by atoms with Gasteiger partial charge in [0.1, 0.15) is 0 Å². The quantitative estimate of drug-likeness (QED) is 0.715. The van der Waals surface area contributed by atoms with Crippen molar-refractivity contribution in [2.75, 3.05) is 38.5 Å². The van der Waals surface area contributed by atoms with Crippen LogP contribution >= 0.6 is 0 Å². The molecule has 0 unspecified atom stereocenters. The number of ether oxygens (including phenoxy) is 3.